The first-order valence-electron chi connectivity index (χ1n) is 9.75. The molecule has 2 aromatic rings. The number of nitrogens with one attached hydrogen (secondary N) is 1. The standard InChI is InChI=1S/C20H26N4O3/c1-26-17-9-3-2-6-14(17)7-4-12-24-13-5-8-16(24)20-22-18(23-27-20)19(25)21-15-10-11-15/h2-3,6,9,15-16H,4-5,7-8,10-13H2,1H3,(H,21,25)/t16-/m1/s1. The van der Waals surface area contributed by atoms with E-state index in [0.717, 1.165) is 57.4 Å². The molecule has 1 saturated carbocycles. The number of likely N-dealkylation sites (tertiary alicyclic amines) is 1. The van der Waals surface area contributed by atoms with E-state index < -0.39 is 0 Å². The quantitative estimate of drug-likeness (QED) is 0.770. The molecule has 2 fully saturated rings. The summed E-state index contributed by atoms with van der Waals surface area (Å²) in [5, 5.41) is 6.78. The summed E-state index contributed by atoms with van der Waals surface area (Å²) < 4.78 is 10.8. The van der Waals surface area contributed by atoms with Crippen LogP contribution < -0.4 is 10.1 Å². The number of amides is 1. The van der Waals surface area contributed by atoms with Crippen LogP contribution in [-0.4, -0.2) is 47.2 Å². The number of ether oxygens (including phenoxy) is 1. The molecule has 1 aromatic heterocycles. The van der Waals surface area contributed by atoms with Crippen LogP contribution in [0.2, 0.25) is 0 Å². The number of hydrogen-bond acceptors (Lipinski definition) is 6. The van der Waals surface area contributed by atoms with Gasteiger partial charge in [0.25, 0.3) is 11.7 Å². The molecule has 27 heavy (non-hydrogen) atoms. The second-order valence-corrected chi connectivity index (χ2v) is 7.31. The van der Waals surface area contributed by atoms with Gasteiger partial charge in [-0.3, -0.25) is 9.69 Å². The molecular weight excluding hydrogens is 344 g/mol. The van der Waals surface area contributed by atoms with Gasteiger partial charge in [0.05, 0.1) is 13.2 Å². The highest BCUT2D eigenvalue weighted by Gasteiger charge is 2.32. The maximum Gasteiger partial charge on any atom is 0.292 e. The van der Waals surface area contributed by atoms with E-state index in [1.54, 1.807) is 7.11 Å². The lowest BCUT2D eigenvalue weighted by Crippen LogP contribution is -2.27. The number of rotatable bonds is 8. The summed E-state index contributed by atoms with van der Waals surface area (Å²) in [5.41, 5.74) is 1.23. The molecule has 1 atom stereocenters. The van der Waals surface area contributed by atoms with Gasteiger partial charge in [-0.25, -0.2) is 0 Å². The van der Waals surface area contributed by atoms with Crippen molar-refractivity contribution in [1.29, 1.82) is 0 Å². The third-order valence-electron chi connectivity index (χ3n) is 5.29. The van der Waals surface area contributed by atoms with E-state index in [4.69, 9.17) is 9.26 Å². The van der Waals surface area contributed by atoms with Crippen LogP contribution in [0.25, 0.3) is 0 Å². The number of benzene rings is 1. The van der Waals surface area contributed by atoms with Gasteiger partial charge < -0.3 is 14.6 Å². The first-order chi connectivity index (χ1) is 13.2. The van der Waals surface area contributed by atoms with Gasteiger partial charge in [0.2, 0.25) is 5.89 Å². The molecular formula is C20H26N4O3. The minimum atomic E-state index is -0.229. The first kappa shape index (κ1) is 18.0. The Hall–Kier alpha value is -2.41. The number of methoxy groups -OCH3 is 1. The van der Waals surface area contributed by atoms with E-state index in [0.29, 0.717) is 5.89 Å². The number of carbonyl (C=O) groups excluding carboxylic acids is 1. The van der Waals surface area contributed by atoms with Crippen molar-refractivity contribution in [3.05, 3.63) is 41.5 Å². The van der Waals surface area contributed by atoms with Gasteiger partial charge in [-0.1, -0.05) is 23.4 Å². The van der Waals surface area contributed by atoms with Crippen LogP contribution >= 0.6 is 0 Å². The minimum absolute atomic E-state index is 0.109. The highest BCUT2D eigenvalue weighted by molar-refractivity contribution is 5.90. The fourth-order valence-electron chi connectivity index (χ4n) is 3.70. The molecule has 0 radical (unpaired) electrons. The van der Waals surface area contributed by atoms with E-state index >= 15 is 0 Å². The Morgan fingerprint density at radius 1 is 1.33 bits per heavy atom. The van der Waals surface area contributed by atoms with Crippen LogP contribution in [0.4, 0.5) is 0 Å². The van der Waals surface area contributed by atoms with Gasteiger partial charge in [-0.15, -0.1) is 0 Å². The lowest BCUT2D eigenvalue weighted by atomic mass is 10.1. The third-order valence-corrected chi connectivity index (χ3v) is 5.29. The summed E-state index contributed by atoms with van der Waals surface area (Å²) >= 11 is 0. The predicted octanol–water partition coefficient (Wildman–Crippen LogP) is 2.74. The zero-order valence-corrected chi connectivity index (χ0v) is 15.7. The summed E-state index contributed by atoms with van der Waals surface area (Å²) in [6.07, 6.45) is 6.16. The number of hydrogen-bond donors (Lipinski definition) is 1. The summed E-state index contributed by atoms with van der Waals surface area (Å²) in [6, 6.07) is 8.55. The van der Waals surface area contributed by atoms with E-state index in [2.05, 4.69) is 26.4 Å². The van der Waals surface area contributed by atoms with Gasteiger partial charge in [-0.05, 0) is 63.2 Å². The molecule has 1 aliphatic heterocycles. The van der Waals surface area contributed by atoms with Crippen molar-refractivity contribution in [2.45, 2.75) is 50.6 Å². The first-order valence-corrected chi connectivity index (χ1v) is 9.75. The van der Waals surface area contributed by atoms with Crippen molar-refractivity contribution in [2.24, 2.45) is 0 Å². The lowest BCUT2D eigenvalue weighted by Gasteiger charge is -2.21. The summed E-state index contributed by atoms with van der Waals surface area (Å²) in [6.45, 7) is 1.97. The van der Waals surface area contributed by atoms with Crippen LogP contribution in [0.3, 0.4) is 0 Å². The Morgan fingerprint density at radius 3 is 3.00 bits per heavy atom. The fraction of sp³-hybridized carbons (Fsp3) is 0.550. The predicted molar refractivity (Wildman–Crippen MR) is 99.6 cm³/mol. The SMILES string of the molecule is COc1ccccc1CCCN1CCC[C@@H]1c1nc(C(=O)NC2CC2)no1. The average Bonchev–Trinajstić information content (AvgIpc) is 3.18. The monoisotopic (exact) mass is 370 g/mol. The van der Waals surface area contributed by atoms with Gasteiger partial charge in [0.15, 0.2) is 0 Å². The maximum absolute atomic E-state index is 12.1. The summed E-state index contributed by atoms with van der Waals surface area (Å²) in [4.78, 5) is 18.8. The Labute approximate surface area is 159 Å². The molecule has 2 heterocycles. The van der Waals surface area contributed by atoms with Gasteiger partial charge in [0.1, 0.15) is 5.75 Å². The lowest BCUT2D eigenvalue weighted by molar-refractivity contribution is 0.0937. The Bertz CT molecular complexity index is 787. The molecule has 1 N–H and O–H groups in total. The van der Waals surface area contributed by atoms with Crippen LogP contribution in [0, 0.1) is 0 Å². The minimum Gasteiger partial charge on any atom is -0.496 e. The fourth-order valence-corrected chi connectivity index (χ4v) is 3.70. The normalized spacial score (nSPS) is 20.0. The van der Waals surface area contributed by atoms with Crippen LogP contribution in [-0.2, 0) is 6.42 Å². The highest BCUT2D eigenvalue weighted by Crippen LogP contribution is 2.31. The van der Waals surface area contributed by atoms with Crippen molar-refractivity contribution >= 4 is 5.91 Å². The van der Waals surface area contributed by atoms with Crippen molar-refractivity contribution in [2.75, 3.05) is 20.2 Å². The van der Waals surface area contributed by atoms with Crippen LogP contribution in [0.1, 0.15) is 60.2 Å². The Kier molecular flexibility index (Phi) is 5.38. The largest absolute Gasteiger partial charge is 0.496 e. The zero-order chi connectivity index (χ0) is 18.6. The van der Waals surface area contributed by atoms with E-state index in [1.807, 2.05) is 18.2 Å². The maximum atomic E-state index is 12.1. The second kappa shape index (κ2) is 8.08. The molecule has 1 aromatic carbocycles. The number of para-hydroxylation sites is 1. The molecule has 2 aliphatic rings. The van der Waals surface area contributed by atoms with Gasteiger partial charge >= 0.3 is 0 Å². The van der Waals surface area contributed by atoms with Crippen molar-refractivity contribution in [3.63, 3.8) is 0 Å². The molecule has 0 bridgehead atoms. The molecule has 1 aliphatic carbocycles. The van der Waals surface area contributed by atoms with Gasteiger partial charge in [0, 0.05) is 6.04 Å². The van der Waals surface area contributed by atoms with Crippen molar-refractivity contribution < 1.29 is 14.1 Å². The highest BCUT2D eigenvalue weighted by atomic mass is 16.5. The molecule has 0 spiro atoms. The van der Waals surface area contributed by atoms with Crippen molar-refractivity contribution in [1.82, 2.24) is 20.4 Å². The van der Waals surface area contributed by atoms with Crippen molar-refractivity contribution in [3.8, 4) is 5.75 Å². The molecule has 1 saturated heterocycles. The number of aromatic nitrogens is 2. The smallest absolute Gasteiger partial charge is 0.292 e. The van der Waals surface area contributed by atoms with Crippen LogP contribution in [0.15, 0.2) is 28.8 Å². The van der Waals surface area contributed by atoms with E-state index in [9.17, 15) is 4.79 Å². The number of nitrogens with zero attached hydrogens (tertiary/aromatic N) is 3. The third kappa shape index (κ3) is 4.30. The topological polar surface area (TPSA) is 80.5 Å². The van der Waals surface area contributed by atoms with E-state index in [1.165, 1.54) is 5.56 Å². The summed E-state index contributed by atoms with van der Waals surface area (Å²) in [5.74, 6) is 1.43. The molecule has 7 nitrogen and oxygen atoms in total. The number of carbonyl (C=O) groups is 1. The molecule has 7 heteroatoms. The van der Waals surface area contributed by atoms with Crippen LogP contribution in [0.5, 0.6) is 5.75 Å². The Morgan fingerprint density at radius 2 is 2.19 bits per heavy atom. The molecule has 4 rings (SSSR count). The Balaban J connectivity index is 1.33. The number of aryl methyl sites for hydroxylation is 1. The second-order valence-electron chi connectivity index (χ2n) is 7.31. The van der Waals surface area contributed by atoms with Gasteiger partial charge in [-0.2, -0.15) is 4.98 Å². The summed E-state index contributed by atoms with van der Waals surface area (Å²) in [7, 11) is 1.71. The molecule has 144 valence electrons. The molecule has 0 unspecified atom stereocenters. The average molecular weight is 370 g/mol. The zero-order valence-electron chi connectivity index (χ0n) is 15.7. The van der Waals surface area contributed by atoms with E-state index in [-0.39, 0.29) is 23.8 Å². The molecule has 1 amide bonds.